The van der Waals surface area contributed by atoms with Crippen LogP contribution >= 0.6 is 24.0 Å². The van der Waals surface area contributed by atoms with Crippen LogP contribution in [0.5, 0.6) is 5.75 Å². The lowest BCUT2D eigenvalue weighted by Gasteiger charge is -2.45. The second-order valence-corrected chi connectivity index (χ2v) is 8.19. The molecule has 0 radical (unpaired) electrons. The Bertz CT molecular complexity index is 865. The number of amides is 2. The number of anilines is 1. The number of carbonyl (C=O) groups excluding carboxylic acids is 1. The first kappa shape index (κ1) is 24.3. The van der Waals surface area contributed by atoms with Gasteiger partial charge in [-0.15, -0.1) is 12.4 Å². The van der Waals surface area contributed by atoms with Crippen molar-refractivity contribution < 1.29 is 14.6 Å². The van der Waals surface area contributed by atoms with E-state index < -0.39 is 5.60 Å². The summed E-state index contributed by atoms with van der Waals surface area (Å²) in [4.78, 5) is 16.6. The molecule has 0 aromatic heterocycles. The fourth-order valence-electron chi connectivity index (χ4n) is 3.89. The van der Waals surface area contributed by atoms with E-state index in [1.807, 2.05) is 43.3 Å². The third-order valence-electron chi connectivity index (χ3n) is 5.40. The Morgan fingerprint density at radius 3 is 2.70 bits per heavy atom. The highest BCUT2D eigenvalue weighted by atomic mass is 35.5. The summed E-state index contributed by atoms with van der Waals surface area (Å²) in [5, 5.41) is 15.1. The zero-order chi connectivity index (χ0) is 21.0. The normalized spacial score (nSPS) is 21.1. The van der Waals surface area contributed by atoms with Crippen LogP contribution in [-0.2, 0) is 5.60 Å². The van der Waals surface area contributed by atoms with Crippen LogP contribution in [-0.4, -0.2) is 61.8 Å². The lowest BCUT2D eigenvalue weighted by atomic mass is 9.75. The van der Waals surface area contributed by atoms with Crippen LogP contribution in [0, 0.1) is 5.92 Å². The van der Waals surface area contributed by atoms with Crippen LogP contribution in [0.25, 0.3) is 0 Å². The Labute approximate surface area is 189 Å². The van der Waals surface area contributed by atoms with Gasteiger partial charge in [0.25, 0.3) is 0 Å². The summed E-state index contributed by atoms with van der Waals surface area (Å²) in [6, 6.07) is 14.4. The number of urea groups is 1. The molecule has 0 saturated carbocycles. The zero-order valence-corrected chi connectivity index (χ0v) is 19.0. The van der Waals surface area contributed by atoms with E-state index in [2.05, 4.69) is 5.32 Å². The van der Waals surface area contributed by atoms with Crippen LogP contribution in [0.2, 0.25) is 5.02 Å². The van der Waals surface area contributed by atoms with Crippen molar-refractivity contribution in [3.63, 3.8) is 0 Å². The molecule has 2 aromatic carbocycles. The van der Waals surface area contributed by atoms with Crippen LogP contribution in [0.15, 0.2) is 48.5 Å². The summed E-state index contributed by atoms with van der Waals surface area (Å²) >= 11 is 6.01. The summed E-state index contributed by atoms with van der Waals surface area (Å²) in [5.74, 6) is 0.559. The number of nitrogens with one attached hydrogen (secondary N) is 1. The van der Waals surface area contributed by atoms with Gasteiger partial charge in [0.2, 0.25) is 0 Å². The van der Waals surface area contributed by atoms with Crippen LogP contribution in [0.4, 0.5) is 10.5 Å². The van der Waals surface area contributed by atoms with Crippen molar-refractivity contribution in [3.05, 3.63) is 59.1 Å². The predicted molar refractivity (Wildman–Crippen MR) is 123 cm³/mol. The summed E-state index contributed by atoms with van der Waals surface area (Å²) < 4.78 is 5.34. The lowest BCUT2D eigenvalue weighted by Crippen LogP contribution is -2.55. The number of likely N-dealkylation sites (tertiary alicyclic amines) is 1. The standard InChI is InChI=1S/C22H28ClN3O3.ClH/c1-25(2)14-17-15-26(21(27)24-19-8-5-7-18(23)13-19)11-10-22(17,28)16-6-4-9-20(12-16)29-3;/h4-9,12-13,17,28H,10-11,14-15H2,1-3H3,(H,24,27);1H. The van der Waals surface area contributed by atoms with E-state index in [4.69, 9.17) is 16.3 Å². The summed E-state index contributed by atoms with van der Waals surface area (Å²) in [6.45, 7) is 1.54. The largest absolute Gasteiger partial charge is 0.497 e. The predicted octanol–water partition coefficient (Wildman–Crippen LogP) is 4.07. The maximum atomic E-state index is 12.8. The molecule has 1 aliphatic rings. The Balaban J connectivity index is 0.00000320. The molecule has 1 fully saturated rings. The van der Waals surface area contributed by atoms with Gasteiger partial charge in [-0.05, 0) is 56.4 Å². The van der Waals surface area contributed by atoms with Gasteiger partial charge in [0.15, 0.2) is 0 Å². The molecule has 6 nitrogen and oxygen atoms in total. The monoisotopic (exact) mass is 453 g/mol. The van der Waals surface area contributed by atoms with Gasteiger partial charge in [0.1, 0.15) is 5.75 Å². The zero-order valence-electron chi connectivity index (χ0n) is 17.5. The van der Waals surface area contributed by atoms with Gasteiger partial charge in [-0.1, -0.05) is 29.8 Å². The number of carbonyl (C=O) groups is 1. The van der Waals surface area contributed by atoms with Gasteiger partial charge in [0.05, 0.1) is 12.7 Å². The maximum absolute atomic E-state index is 12.8. The van der Waals surface area contributed by atoms with Crippen molar-refractivity contribution in [3.8, 4) is 5.75 Å². The highest BCUT2D eigenvalue weighted by molar-refractivity contribution is 6.30. The minimum atomic E-state index is -1.04. The van der Waals surface area contributed by atoms with Gasteiger partial charge >= 0.3 is 6.03 Å². The summed E-state index contributed by atoms with van der Waals surface area (Å²) in [5.41, 5.74) is 0.435. The van der Waals surface area contributed by atoms with Gasteiger partial charge < -0.3 is 25.0 Å². The van der Waals surface area contributed by atoms with Crippen molar-refractivity contribution in [1.29, 1.82) is 0 Å². The highest BCUT2D eigenvalue weighted by Gasteiger charge is 2.44. The van der Waals surface area contributed by atoms with Gasteiger partial charge in [-0.25, -0.2) is 4.79 Å². The van der Waals surface area contributed by atoms with Crippen LogP contribution in [0.3, 0.4) is 0 Å². The first-order valence-electron chi connectivity index (χ1n) is 9.65. The molecular formula is C22H29Cl2N3O3. The smallest absolute Gasteiger partial charge is 0.321 e. The van der Waals surface area contributed by atoms with Crippen molar-refractivity contribution in [2.24, 2.45) is 5.92 Å². The maximum Gasteiger partial charge on any atom is 0.321 e. The Morgan fingerprint density at radius 2 is 2.03 bits per heavy atom. The van der Waals surface area contributed by atoms with Crippen molar-refractivity contribution in [2.75, 3.05) is 46.2 Å². The molecular weight excluding hydrogens is 425 g/mol. The van der Waals surface area contributed by atoms with E-state index in [1.165, 1.54) is 0 Å². The van der Waals surface area contributed by atoms with Crippen LogP contribution < -0.4 is 10.1 Å². The molecule has 2 atom stereocenters. The Hall–Kier alpha value is -1.99. The van der Waals surface area contributed by atoms with Crippen molar-refractivity contribution >= 4 is 35.7 Å². The molecule has 8 heteroatoms. The first-order chi connectivity index (χ1) is 13.8. The average molecular weight is 454 g/mol. The Kier molecular flexibility index (Phi) is 8.38. The SMILES string of the molecule is COc1cccc(C2(O)CCN(C(=O)Nc3cccc(Cl)c3)CC2CN(C)C)c1.Cl. The van der Waals surface area contributed by atoms with Crippen LogP contribution in [0.1, 0.15) is 12.0 Å². The summed E-state index contributed by atoms with van der Waals surface area (Å²) in [6.07, 6.45) is 0.446. The lowest BCUT2D eigenvalue weighted by molar-refractivity contribution is -0.0750. The van der Waals surface area contributed by atoms with Crippen molar-refractivity contribution in [1.82, 2.24) is 9.80 Å². The van der Waals surface area contributed by atoms with Gasteiger partial charge in [-0.2, -0.15) is 0 Å². The molecule has 2 N–H and O–H groups in total. The topological polar surface area (TPSA) is 65.0 Å². The highest BCUT2D eigenvalue weighted by Crippen LogP contribution is 2.39. The number of piperidine rings is 1. The molecule has 2 aromatic rings. The molecule has 0 bridgehead atoms. The molecule has 2 unspecified atom stereocenters. The molecule has 0 spiro atoms. The second-order valence-electron chi connectivity index (χ2n) is 7.75. The van der Waals surface area contributed by atoms with E-state index in [0.29, 0.717) is 42.5 Å². The third kappa shape index (κ3) is 5.58. The second kappa shape index (κ2) is 10.4. The van der Waals surface area contributed by atoms with E-state index in [9.17, 15) is 9.90 Å². The number of hydrogen-bond donors (Lipinski definition) is 2. The fourth-order valence-corrected chi connectivity index (χ4v) is 4.08. The number of aliphatic hydroxyl groups is 1. The molecule has 164 valence electrons. The Morgan fingerprint density at radius 1 is 1.30 bits per heavy atom. The molecule has 30 heavy (non-hydrogen) atoms. The first-order valence-corrected chi connectivity index (χ1v) is 10.0. The molecule has 1 aliphatic heterocycles. The molecule has 1 heterocycles. The molecule has 0 aliphatic carbocycles. The minimum absolute atomic E-state index is 0. The van der Waals surface area contributed by atoms with E-state index in [-0.39, 0.29) is 24.4 Å². The number of ether oxygens (including phenoxy) is 1. The van der Waals surface area contributed by atoms with Gasteiger partial charge in [-0.3, -0.25) is 0 Å². The fraction of sp³-hybridized carbons (Fsp3) is 0.409. The average Bonchev–Trinajstić information content (AvgIpc) is 2.69. The number of methoxy groups -OCH3 is 1. The van der Waals surface area contributed by atoms with E-state index in [0.717, 1.165) is 5.56 Å². The molecule has 2 amide bonds. The number of nitrogens with zero attached hydrogens (tertiary/aromatic N) is 2. The van der Waals surface area contributed by atoms with Gasteiger partial charge in [0, 0.05) is 36.3 Å². The van der Waals surface area contributed by atoms with Crippen molar-refractivity contribution in [2.45, 2.75) is 12.0 Å². The molecule has 3 rings (SSSR count). The summed E-state index contributed by atoms with van der Waals surface area (Å²) in [7, 11) is 5.55. The van der Waals surface area contributed by atoms with E-state index in [1.54, 1.807) is 36.3 Å². The minimum Gasteiger partial charge on any atom is -0.497 e. The quantitative estimate of drug-likeness (QED) is 0.715. The number of halogens is 2. The number of hydrogen-bond acceptors (Lipinski definition) is 4. The van der Waals surface area contributed by atoms with E-state index >= 15 is 0 Å². The number of rotatable bonds is 5. The molecule has 1 saturated heterocycles. The third-order valence-corrected chi connectivity index (χ3v) is 5.63. The number of benzene rings is 2.